The topological polar surface area (TPSA) is 48.1 Å². The number of hydrogen-bond acceptors (Lipinski definition) is 4. The summed E-state index contributed by atoms with van der Waals surface area (Å²) in [5.41, 5.74) is 9.50. The SMILES string of the molecule is COc1ccc2c(c1)CCc1sc(C(C)CN)nc1-2. The third-order valence-corrected chi connectivity index (χ3v) is 5.02. The highest BCUT2D eigenvalue weighted by Crippen LogP contribution is 2.39. The second kappa shape index (κ2) is 4.94. The van der Waals surface area contributed by atoms with Crippen molar-refractivity contribution in [1.82, 2.24) is 4.98 Å². The molecule has 0 aliphatic heterocycles. The lowest BCUT2D eigenvalue weighted by atomic mass is 9.93. The van der Waals surface area contributed by atoms with Crippen molar-refractivity contribution in [2.45, 2.75) is 25.7 Å². The van der Waals surface area contributed by atoms with E-state index in [4.69, 9.17) is 15.5 Å². The van der Waals surface area contributed by atoms with Gasteiger partial charge in [0.2, 0.25) is 0 Å². The fourth-order valence-electron chi connectivity index (χ4n) is 2.44. The normalized spacial score (nSPS) is 14.7. The van der Waals surface area contributed by atoms with Gasteiger partial charge >= 0.3 is 0 Å². The van der Waals surface area contributed by atoms with Crippen molar-refractivity contribution >= 4 is 11.3 Å². The van der Waals surface area contributed by atoms with Gasteiger partial charge in [0.15, 0.2) is 0 Å². The van der Waals surface area contributed by atoms with Crippen LogP contribution in [0.1, 0.15) is 28.3 Å². The maximum absolute atomic E-state index is 5.74. The second-order valence-corrected chi connectivity index (χ2v) is 6.10. The number of benzene rings is 1. The molecule has 4 heteroatoms. The summed E-state index contributed by atoms with van der Waals surface area (Å²) in [7, 11) is 1.71. The summed E-state index contributed by atoms with van der Waals surface area (Å²) in [5, 5.41) is 1.16. The highest BCUT2D eigenvalue weighted by Gasteiger charge is 2.22. The molecule has 1 heterocycles. The molecule has 1 aliphatic carbocycles. The first kappa shape index (κ1) is 12.6. The molecule has 1 aromatic heterocycles. The number of aryl methyl sites for hydroxylation is 2. The summed E-state index contributed by atoms with van der Waals surface area (Å²) in [4.78, 5) is 6.21. The molecule has 0 amide bonds. The van der Waals surface area contributed by atoms with Crippen molar-refractivity contribution in [3.05, 3.63) is 33.6 Å². The molecule has 0 bridgehead atoms. The summed E-state index contributed by atoms with van der Waals surface area (Å²) < 4.78 is 5.29. The molecule has 1 unspecified atom stereocenters. The molecule has 2 N–H and O–H groups in total. The van der Waals surface area contributed by atoms with Crippen LogP contribution in [-0.2, 0) is 12.8 Å². The van der Waals surface area contributed by atoms with E-state index in [2.05, 4.69) is 19.1 Å². The third kappa shape index (κ3) is 2.15. The van der Waals surface area contributed by atoms with Gasteiger partial charge in [-0.3, -0.25) is 0 Å². The summed E-state index contributed by atoms with van der Waals surface area (Å²) in [6.45, 7) is 2.79. The van der Waals surface area contributed by atoms with Gasteiger partial charge in [0, 0.05) is 22.9 Å². The Balaban J connectivity index is 2.06. The van der Waals surface area contributed by atoms with E-state index >= 15 is 0 Å². The fraction of sp³-hybridized carbons (Fsp3) is 0.400. The lowest BCUT2D eigenvalue weighted by Crippen LogP contribution is -2.08. The maximum Gasteiger partial charge on any atom is 0.119 e. The van der Waals surface area contributed by atoms with Crippen LogP contribution in [0.2, 0.25) is 0 Å². The lowest BCUT2D eigenvalue weighted by molar-refractivity contribution is 0.414. The summed E-state index contributed by atoms with van der Waals surface area (Å²) in [5.74, 6) is 1.27. The smallest absolute Gasteiger partial charge is 0.119 e. The van der Waals surface area contributed by atoms with E-state index < -0.39 is 0 Å². The number of nitrogens with two attached hydrogens (primary N) is 1. The molecule has 3 rings (SSSR count). The molecular formula is C15H18N2OS. The van der Waals surface area contributed by atoms with Crippen LogP contribution in [0.4, 0.5) is 0 Å². The zero-order chi connectivity index (χ0) is 13.4. The number of nitrogens with zero attached hydrogens (tertiary/aromatic N) is 1. The molecule has 1 aliphatic rings. The van der Waals surface area contributed by atoms with Crippen LogP contribution >= 0.6 is 11.3 Å². The van der Waals surface area contributed by atoms with Crippen LogP contribution in [0, 0.1) is 0 Å². The maximum atomic E-state index is 5.74. The molecule has 0 spiro atoms. The van der Waals surface area contributed by atoms with Gasteiger partial charge in [0.05, 0.1) is 17.8 Å². The molecule has 0 fully saturated rings. The summed E-state index contributed by atoms with van der Waals surface area (Å²) in [6.07, 6.45) is 2.14. The number of fused-ring (bicyclic) bond motifs is 3. The molecule has 19 heavy (non-hydrogen) atoms. The fourth-order valence-corrected chi connectivity index (χ4v) is 3.59. The van der Waals surface area contributed by atoms with Crippen molar-refractivity contribution in [1.29, 1.82) is 0 Å². The molecule has 0 saturated carbocycles. The Morgan fingerprint density at radius 2 is 2.26 bits per heavy atom. The first-order valence-corrected chi connectivity index (χ1v) is 7.41. The van der Waals surface area contributed by atoms with E-state index in [1.165, 1.54) is 16.0 Å². The molecule has 0 radical (unpaired) electrons. The zero-order valence-corrected chi connectivity index (χ0v) is 12.1. The van der Waals surface area contributed by atoms with Crippen molar-refractivity contribution in [2.75, 3.05) is 13.7 Å². The van der Waals surface area contributed by atoms with Crippen LogP contribution in [0.3, 0.4) is 0 Å². The lowest BCUT2D eigenvalue weighted by Gasteiger charge is -2.15. The number of methoxy groups -OCH3 is 1. The van der Waals surface area contributed by atoms with Gasteiger partial charge in [-0.15, -0.1) is 11.3 Å². The minimum atomic E-state index is 0.345. The van der Waals surface area contributed by atoms with Crippen LogP contribution in [-0.4, -0.2) is 18.6 Å². The van der Waals surface area contributed by atoms with E-state index in [1.807, 2.05) is 17.4 Å². The van der Waals surface area contributed by atoms with Gasteiger partial charge in [0.1, 0.15) is 5.75 Å². The molecule has 0 saturated heterocycles. The van der Waals surface area contributed by atoms with Crippen molar-refractivity contribution in [2.24, 2.45) is 5.73 Å². The first-order chi connectivity index (χ1) is 9.22. The van der Waals surface area contributed by atoms with Gasteiger partial charge in [0.25, 0.3) is 0 Å². The highest BCUT2D eigenvalue weighted by atomic mass is 32.1. The third-order valence-electron chi connectivity index (χ3n) is 3.68. The Morgan fingerprint density at radius 3 is 3.00 bits per heavy atom. The Hall–Kier alpha value is -1.39. The van der Waals surface area contributed by atoms with Gasteiger partial charge in [-0.1, -0.05) is 6.92 Å². The summed E-state index contributed by atoms with van der Waals surface area (Å²) >= 11 is 1.82. The first-order valence-electron chi connectivity index (χ1n) is 6.60. The van der Waals surface area contributed by atoms with Gasteiger partial charge in [-0.2, -0.15) is 0 Å². The number of rotatable bonds is 3. The molecule has 100 valence electrons. The summed E-state index contributed by atoms with van der Waals surface area (Å²) in [6, 6.07) is 6.27. The van der Waals surface area contributed by atoms with E-state index in [9.17, 15) is 0 Å². The van der Waals surface area contributed by atoms with E-state index in [0.717, 1.165) is 29.3 Å². The Bertz CT molecular complexity index is 606. The van der Waals surface area contributed by atoms with E-state index in [0.29, 0.717) is 12.5 Å². The van der Waals surface area contributed by atoms with Crippen molar-refractivity contribution < 1.29 is 4.74 Å². The predicted octanol–water partition coefficient (Wildman–Crippen LogP) is 2.98. The molecule has 1 atom stereocenters. The monoisotopic (exact) mass is 274 g/mol. The molecule has 3 nitrogen and oxygen atoms in total. The van der Waals surface area contributed by atoms with Crippen LogP contribution in [0.25, 0.3) is 11.3 Å². The largest absolute Gasteiger partial charge is 0.497 e. The standard InChI is InChI=1S/C15H18N2OS/c1-9(8-16)15-17-14-12-5-4-11(18-2)7-10(12)3-6-13(14)19-15/h4-5,7,9H,3,6,8,16H2,1-2H3. The van der Waals surface area contributed by atoms with Gasteiger partial charge in [-0.05, 0) is 36.6 Å². The van der Waals surface area contributed by atoms with E-state index in [1.54, 1.807) is 7.11 Å². The van der Waals surface area contributed by atoms with Gasteiger partial charge in [-0.25, -0.2) is 4.98 Å². The Morgan fingerprint density at radius 1 is 1.42 bits per heavy atom. The Labute approximate surface area is 117 Å². The van der Waals surface area contributed by atoms with Crippen LogP contribution < -0.4 is 10.5 Å². The van der Waals surface area contributed by atoms with Crippen LogP contribution in [0.5, 0.6) is 5.75 Å². The molecule has 2 aromatic rings. The van der Waals surface area contributed by atoms with Crippen molar-refractivity contribution in [3.63, 3.8) is 0 Å². The van der Waals surface area contributed by atoms with Gasteiger partial charge < -0.3 is 10.5 Å². The number of ether oxygens (including phenoxy) is 1. The van der Waals surface area contributed by atoms with E-state index in [-0.39, 0.29) is 0 Å². The number of aromatic nitrogens is 1. The number of hydrogen-bond donors (Lipinski definition) is 1. The van der Waals surface area contributed by atoms with Crippen LogP contribution in [0.15, 0.2) is 18.2 Å². The zero-order valence-electron chi connectivity index (χ0n) is 11.3. The molecular weight excluding hydrogens is 256 g/mol. The molecule has 1 aromatic carbocycles. The Kier molecular flexibility index (Phi) is 3.29. The average Bonchev–Trinajstić information content (AvgIpc) is 2.90. The quantitative estimate of drug-likeness (QED) is 0.936. The predicted molar refractivity (Wildman–Crippen MR) is 79.0 cm³/mol. The highest BCUT2D eigenvalue weighted by molar-refractivity contribution is 7.12. The minimum absolute atomic E-state index is 0.345. The minimum Gasteiger partial charge on any atom is -0.497 e. The number of thiazole rings is 1. The van der Waals surface area contributed by atoms with Crippen molar-refractivity contribution in [3.8, 4) is 17.0 Å². The second-order valence-electron chi connectivity index (χ2n) is 4.98. The average molecular weight is 274 g/mol.